The molecule has 2 aliphatic rings. The van der Waals surface area contributed by atoms with Crippen LogP contribution in [0, 0.1) is 5.92 Å². The number of likely N-dealkylation sites (N-methyl/N-ethyl adjacent to an activating group) is 1. The topological polar surface area (TPSA) is 75.5 Å². The minimum Gasteiger partial charge on any atom is -0.342 e. The Kier molecular flexibility index (Phi) is 5.24. The standard InChI is InChI=1S/C16H26N4O3S/c1-18(15-4-9-24(22,23)12-15)11-16(21)20-6-2-14(3-7-20)10-19-8-5-17-13-19/h5,8,13-15H,2-4,6-7,9-12H2,1H3. The summed E-state index contributed by atoms with van der Waals surface area (Å²) >= 11 is 0. The van der Waals surface area contributed by atoms with E-state index in [9.17, 15) is 13.2 Å². The molecule has 0 bridgehead atoms. The van der Waals surface area contributed by atoms with Crippen LogP contribution < -0.4 is 0 Å². The summed E-state index contributed by atoms with van der Waals surface area (Å²) in [5.74, 6) is 1.13. The molecule has 24 heavy (non-hydrogen) atoms. The Balaban J connectivity index is 1.43. The van der Waals surface area contributed by atoms with Gasteiger partial charge in [0.15, 0.2) is 9.84 Å². The molecule has 1 atom stereocenters. The van der Waals surface area contributed by atoms with Crippen LogP contribution in [0.2, 0.25) is 0 Å². The molecule has 0 aliphatic carbocycles. The fraction of sp³-hybridized carbons (Fsp3) is 0.750. The number of amides is 1. The van der Waals surface area contributed by atoms with Crippen molar-refractivity contribution in [2.75, 3.05) is 38.2 Å². The zero-order chi connectivity index (χ0) is 17.2. The summed E-state index contributed by atoms with van der Waals surface area (Å²) < 4.78 is 25.2. The number of imidazole rings is 1. The molecule has 2 fully saturated rings. The zero-order valence-corrected chi connectivity index (χ0v) is 15.0. The third-order valence-electron chi connectivity index (χ3n) is 5.21. The van der Waals surface area contributed by atoms with E-state index in [2.05, 4.69) is 9.55 Å². The first-order chi connectivity index (χ1) is 11.4. The number of piperidine rings is 1. The third kappa shape index (κ3) is 4.36. The van der Waals surface area contributed by atoms with E-state index in [1.54, 1.807) is 6.20 Å². The molecule has 0 spiro atoms. The Morgan fingerprint density at radius 1 is 1.29 bits per heavy atom. The monoisotopic (exact) mass is 354 g/mol. The maximum atomic E-state index is 12.5. The van der Waals surface area contributed by atoms with E-state index in [4.69, 9.17) is 0 Å². The number of rotatable bonds is 5. The Bertz CT molecular complexity index is 651. The van der Waals surface area contributed by atoms with Crippen molar-refractivity contribution in [3.8, 4) is 0 Å². The van der Waals surface area contributed by atoms with Gasteiger partial charge in [-0.1, -0.05) is 0 Å². The maximum absolute atomic E-state index is 12.5. The molecule has 2 aliphatic heterocycles. The van der Waals surface area contributed by atoms with Crippen LogP contribution in [0.25, 0.3) is 0 Å². The van der Waals surface area contributed by atoms with Crippen LogP contribution in [-0.4, -0.2) is 77.9 Å². The highest BCUT2D eigenvalue weighted by atomic mass is 32.2. The van der Waals surface area contributed by atoms with Crippen LogP contribution in [0.3, 0.4) is 0 Å². The van der Waals surface area contributed by atoms with Crippen molar-refractivity contribution >= 4 is 15.7 Å². The molecule has 0 aromatic carbocycles. The smallest absolute Gasteiger partial charge is 0.236 e. The minimum absolute atomic E-state index is 0.0160. The summed E-state index contributed by atoms with van der Waals surface area (Å²) in [6, 6.07) is -0.0160. The lowest BCUT2D eigenvalue weighted by Gasteiger charge is -2.34. The van der Waals surface area contributed by atoms with Crippen LogP contribution in [0.4, 0.5) is 0 Å². The molecular weight excluding hydrogens is 328 g/mol. The van der Waals surface area contributed by atoms with Crippen molar-refractivity contribution in [1.82, 2.24) is 19.4 Å². The molecule has 2 saturated heterocycles. The molecule has 1 amide bonds. The van der Waals surface area contributed by atoms with E-state index < -0.39 is 9.84 Å². The molecule has 0 saturated carbocycles. The molecule has 1 aromatic heterocycles. The lowest BCUT2D eigenvalue weighted by atomic mass is 9.96. The first kappa shape index (κ1) is 17.4. The largest absolute Gasteiger partial charge is 0.342 e. The number of likely N-dealkylation sites (tertiary alicyclic amines) is 1. The SMILES string of the molecule is CN(CC(=O)N1CCC(Cn2ccnc2)CC1)C1CCS(=O)(=O)C1. The van der Waals surface area contributed by atoms with Gasteiger partial charge in [-0.2, -0.15) is 0 Å². The molecule has 8 heteroatoms. The van der Waals surface area contributed by atoms with Gasteiger partial charge in [0.2, 0.25) is 5.91 Å². The normalized spacial score (nSPS) is 24.6. The Hall–Kier alpha value is -1.41. The summed E-state index contributed by atoms with van der Waals surface area (Å²) in [4.78, 5) is 20.4. The average molecular weight is 354 g/mol. The van der Waals surface area contributed by atoms with Gasteiger partial charge in [-0.15, -0.1) is 0 Å². The molecule has 0 N–H and O–H groups in total. The van der Waals surface area contributed by atoms with Crippen molar-refractivity contribution in [2.24, 2.45) is 5.92 Å². The molecule has 0 radical (unpaired) electrons. The van der Waals surface area contributed by atoms with Crippen LogP contribution in [0.5, 0.6) is 0 Å². The number of hydrogen-bond acceptors (Lipinski definition) is 5. The van der Waals surface area contributed by atoms with E-state index in [0.29, 0.717) is 18.9 Å². The molecule has 3 rings (SSSR count). The van der Waals surface area contributed by atoms with Crippen LogP contribution in [0.15, 0.2) is 18.7 Å². The second kappa shape index (κ2) is 7.23. The Labute approximate surface area is 143 Å². The zero-order valence-electron chi connectivity index (χ0n) is 14.2. The second-order valence-electron chi connectivity index (χ2n) is 7.06. The highest BCUT2D eigenvalue weighted by Gasteiger charge is 2.32. The van der Waals surface area contributed by atoms with Gasteiger partial charge in [-0.05, 0) is 32.2 Å². The third-order valence-corrected chi connectivity index (χ3v) is 6.96. The first-order valence-corrected chi connectivity index (χ1v) is 10.4. The summed E-state index contributed by atoms with van der Waals surface area (Å²) in [6.07, 6.45) is 8.25. The van der Waals surface area contributed by atoms with Gasteiger partial charge in [0, 0.05) is 38.1 Å². The lowest BCUT2D eigenvalue weighted by molar-refractivity contribution is -0.134. The molecule has 134 valence electrons. The summed E-state index contributed by atoms with van der Waals surface area (Å²) in [6.45, 7) is 2.85. The molecule has 3 heterocycles. The number of nitrogens with zero attached hydrogens (tertiary/aromatic N) is 4. The van der Waals surface area contributed by atoms with Crippen molar-refractivity contribution in [3.05, 3.63) is 18.7 Å². The van der Waals surface area contributed by atoms with Gasteiger partial charge in [0.1, 0.15) is 0 Å². The first-order valence-electron chi connectivity index (χ1n) is 8.57. The van der Waals surface area contributed by atoms with Gasteiger partial charge < -0.3 is 9.47 Å². The number of sulfone groups is 1. The predicted molar refractivity (Wildman–Crippen MR) is 91.2 cm³/mol. The van der Waals surface area contributed by atoms with Crippen LogP contribution in [0.1, 0.15) is 19.3 Å². The summed E-state index contributed by atoms with van der Waals surface area (Å²) in [5, 5.41) is 0. The van der Waals surface area contributed by atoms with E-state index in [-0.39, 0.29) is 23.5 Å². The molecule has 1 aromatic rings. The van der Waals surface area contributed by atoms with Crippen molar-refractivity contribution in [1.29, 1.82) is 0 Å². The van der Waals surface area contributed by atoms with E-state index in [0.717, 1.165) is 32.5 Å². The van der Waals surface area contributed by atoms with Gasteiger partial charge in [-0.25, -0.2) is 13.4 Å². The summed E-state index contributed by atoms with van der Waals surface area (Å²) in [5.41, 5.74) is 0. The number of carbonyl (C=O) groups is 1. The molecular formula is C16H26N4O3S. The number of hydrogen-bond donors (Lipinski definition) is 0. The van der Waals surface area contributed by atoms with Gasteiger partial charge in [0.05, 0.1) is 24.4 Å². The van der Waals surface area contributed by atoms with Crippen molar-refractivity contribution < 1.29 is 13.2 Å². The van der Waals surface area contributed by atoms with Crippen molar-refractivity contribution in [3.63, 3.8) is 0 Å². The maximum Gasteiger partial charge on any atom is 0.236 e. The average Bonchev–Trinajstić information content (AvgIpc) is 3.17. The summed E-state index contributed by atoms with van der Waals surface area (Å²) in [7, 11) is -1.05. The lowest BCUT2D eigenvalue weighted by Crippen LogP contribution is -2.46. The van der Waals surface area contributed by atoms with E-state index in [1.165, 1.54) is 0 Å². The Morgan fingerprint density at radius 2 is 2.04 bits per heavy atom. The van der Waals surface area contributed by atoms with E-state index >= 15 is 0 Å². The number of carbonyl (C=O) groups excluding carboxylic acids is 1. The molecule has 1 unspecified atom stereocenters. The minimum atomic E-state index is -2.91. The van der Waals surface area contributed by atoms with Crippen LogP contribution in [-0.2, 0) is 21.2 Å². The fourth-order valence-corrected chi connectivity index (χ4v) is 5.43. The second-order valence-corrected chi connectivity index (χ2v) is 9.28. The predicted octanol–water partition coefficient (Wildman–Crippen LogP) is 0.241. The highest BCUT2D eigenvalue weighted by Crippen LogP contribution is 2.20. The van der Waals surface area contributed by atoms with Gasteiger partial charge in [0.25, 0.3) is 0 Å². The quantitative estimate of drug-likeness (QED) is 0.757. The Morgan fingerprint density at radius 3 is 2.62 bits per heavy atom. The fourth-order valence-electron chi connectivity index (χ4n) is 3.62. The molecule has 7 nitrogen and oxygen atoms in total. The van der Waals surface area contributed by atoms with Gasteiger partial charge >= 0.3 is 0 Å². The highest BCUT2D eigenvalue weighted by molar-refractivity contribution is 7.91. The number of aromatic nitrogens is 2. The van der Waals surface area contributed by atoms with Crippen LogP contribution >= 0.6 is 0 Å². The van der Waals surface area contributed by atoms with Gasteiger partial charge in [-0.3, -0.25) is 9.69 Å². The van der Waals surface area contributed by atoms with Crippen molar-refractivity contribution in [2.45, 2.75) is 31.8 Å². The van der Waals surface area contributed by atoms with E-state index in [1.807, 2.05) is 29.4 Å².